The fraction of sp³-hybridized carbons (Fsp3) is 0.809. The Morgan fingerprint density at radius 2 is 0.983 bits per heavy atom. The van der Waals surface area contributed by atoms with Crippen LogP contribution in [0.4, 0.5) is 0 Å². The van der Waals surface area contributed by atoms with Gasteiger partial charge in [-0.2, -0.15) is 0 Å². The van der Waals surface area contributed by atoms with E-state index in [1.807, 2.05) is 0 Å². The predicted molar refractivity (Wildman–Crippen MR) is 239 cm³/mol. The molecule has 1 aliphatic carbocycles. The molecule has 0 aromatic rings. The highest BCUT2D eigenvalue weighted by Crippen LogP contribution is 2.47. The van der Waals surface area contributed by atoms with Crippen LogP contribution in [0.2, 0.25) is 0 Å². The van der Waals surface area contributed by atoms with Crippen LogP contribution in [0, 0.1) is 0 Å². The molecule has 0 amide bonds. The smallest absolute Gasteiger partial charge is 0.457 e. The first-order valence-electron chi connectivity index (χ1n) is 23.5. The standard InChI is InChI=1S/C47H85O12P/c1-3-5-7-9-11-13-15-17-19-20-21-23-25-27-29-31-33-35-37-56-38-40(39-57-60(54,55)59-47-45(52)43(50)42(49)44(51)46(47)53)58-41(48)36-34-32-30-28-26-24-22-18-16-14-12-10-8-6-4-2/h5,7,11,13,17,19,21,23,40,42-47,49-53H,3-4,6,8-10,12,14-16,18,20,22,24-39H2,1-2H3,(H,54,55)/b7-5-,13-11-,19-17-,23-21-. The molecule has 6 N–H and O–H groups in total. The molecule has 13 heteroatoms. The lowest BCUT2D eigenvalue weighted by atomic mass is 9.85. The van der Waals surface area contributed by atoms with E-state index in [2.05, 4.69) is 62.5 Å². The van der Waals surface area contributed by atoms with Crippen LogP contribution in [0.3, 0.4) is 0 Å². The number of esters is 1. The number of phosphoric ester groups is 1. The molecule has 0 heterocycles. The molecule has 1 aliphatic rings. The lowest BCUT2D eigenvalue weighted by Gasteiger charge is -2.41. The molecule has 12 nitrogen and oxygen atoms in total. The van der Waals surface area contributed by atoms with Gasteiger partial charge in [0.15, 0.2) is 0 Å². The largest absolute Gasteiger partial charge is 0.472 e. The molecular formula is C47H85O12P. The Kier molecular flexibility index (Phi) is 35.5. The summed E-state index contributed by atoms with van der Waals surface area (Å²) in [7, 11) is -5.02. The summed E-state index contributed by atoms with van der Waals surface area (Å²) in [4.78, 5) is 23.2. The Morgan fingerprint density at radius 1 is 0.550 bits per heavy atom. The van der Waals surface area contributed by atoms with E-state index in [0.29, 0.717) is 13.0 Å². The third-order valence-electron chi connectivity index (χ3n) is 10.7. The van der Waals surface area contributed by atoms with Crippen molar-refractivity contribution in [3.8, 4) is 0 Å². The van der Waals surface area contributed by atoms with Crippen molar-refractivity contribution < 1.29 is 58.3 Å². The zero-order valence-corrected chi connectivity index (χ0v) is 38.1. The molecule has 6 unspecified atom stereocenters. The highest BCUT2D eigenvalue weighted by Gasteiger charge is 2.51. The molecule has 6 atom stereocenters. The monoisotopic (exact) mass is 873 g/mol. The number of carbonyl (C=O) groups is 1. The minimum absolute atomic E-state index is 0.0886. The van der Waals surface area contributed by atoms with Gasteiger partial charge in [0, 0.05) is 13.0 Å². The summed E-state index contributed by atoms with van der Waals surface area (Å²) in [5, 5.41) is 50.2. The first kappa shape index (κ1) is 56.3. The van der Waals surface area contributed by atoms with Crippen molar-refractivity contribution in [3.05, 3.63) is 48.6 Å². The number of aliphatic hydroxyl groups excluding tert-OH is 5. The quantitative estimate of drug-likeness (QED) is 0.0149. The maximum Gasteiger partial charge on any atom is 0.472 e. The molecule has 0 aliphatic heterocycles. The Bertz CT molecular complexity index is 1180. The number of phosphoric acid groups is 1. The van der Waals surface area contributed by atoms with Crippen molar-refractivity contribution in [1.82, 2.24) is 0 Å². The lowest BCUT2D eigenvalue weighted by Crippen LogP contribution is -2.64. The van der Waals surface area contributed by atoms with Crippen LogP contribution in [0.25, 0.3) is 0 Å². The van der Waals surface area contributed by atoms with E-state index in [0.717, 1.165) is 83.5 Å². The number of rotatable bonds is 39. The average molecular weight is 873 g/mol. The predicted octanol–water partition coefficient (Wildman–Crippen LogP) is 9.64. The van der Waals surface area contributed by atoms with Crippen molar-refractivity contribution >= 4 is 13.8 Å². The average Bonchev–Trinajstić information content (AvgIpc) is 3.23. The summed E-state index contributed by atoms with van der Waals surface area (Å²) in [5.74, 6) is -0.484. The molecule has 1 rings (SSSR count). The topological polar surface area (TPSA) is 192 Å². The van der Waals surface area contributed by atoms with Gasteiger partial charge >= 0.3 is 13.8 Å². The zero-order chi connectivity index (χ0) is 44.1. The Balaban J connectivity index is 2.40. The second kappa shape index (κ2) is 37.8. The molecule has 0 bridgehead atoms. The van der Waals surface area contributed by atoms with E-state index in [1.54, 1.807) is 0 Å². The van der Waals surface area contributed by atoms with Gasteiger partial charge in [-0.15, -0.1) is 0 Å². The number of unbranched alkanes of at least 4 members (excludes halogenated alkanes) is 19. The first-order chi connectivity index (χ1) is 29.0. The van der Waals surface area contributed by atoms with E-state index in [9.17, 15) is 39.8 Å². The van der Waals surface area contributed by atoms with Gasteiger partial charge in [0.1, 0.15) is 42.7 Å². The number of aliphatic hydroxyl groups is 5. The number of hydrogen-bond acceptors (Lipinski definition) is 11. The highest BCUT2D eigenvalue weighted by molar-refractivity contribution is 7.47. The summed E-state index contributed by atoms with van der Waals surface area (Å²) in [5.41, 5.74) is 0. The molecule has 0 spiro atoms. The van der Waals surface area contributed by atoms with Crippen molar-refractivity contribution in [2.24, 2.45) is 0 Å². The fourth-order valence-corrected chi connectivity index (χ4v) is 7.97. The number of carbonyl (C=O) groups excluding carboxylic acids is 1. The van der Waals surface area contributed by atoms with Crippen molar-refractivity contribution in [3.63, 3.8) is 0 Å². The van der Waals surface area contributed by atoms with Gasteiger partial charge in [-0.05, 0) is 51.4 Å². The minimum atomic E-state index is -5.02. The maximum atomic E-state index is 12.8. The van der Waals surface area contributed by atoms with Crippen LogP contribution in [0.1, 0.15) is 181 Å². The van der Waals surface area contributed by atoms with Crippen LogP contribution < -0.4 is 0 Å². The highest BCUT2D eigenvalue weighted by atomic mass is 31.2. The minimum Gasteiger partial charge on any atom is -0.457 e. The molecule has 1 saturated carbocycles. The fourth-order valence-electron chi connectivity index (χ4n) is 6.99. The summed E-state index contributed by atoms with van der Waals surface area (Å²) in [6.07, 6.45) is 33.2. The summed E-state index contributed by atoms with van der Waals surface area (Å²) in [6, 6.07) is 0. The summed E-state index contributed by atoms with van der Waals surface area (Å²) < 4.78 is 34.2. The third-order valence-corrected chi connectivity index (χ3v) is 11.7. The van der Waals surface area contributed by atoms with E-state index < -0.39 is 63.1 Å². The van der Waals surface area contributed by atoms with E-state index in [1.165, 1.54) is 70.6 Å². The normalized spacial score (nSPS) is 22.7. The van der Waals surface area contributed by atoms with E-state index in [4.69, 9.17) is 18.5 Å². The molecule has 0 saturated heterocycles. The van der Waals surface area contributed by atoms with Gasteiger partial charge in [-0.3, -0.25) is 13.8 Å². The molecule has 0 aromatic heterocycles. The number of hydrogen-bond donors (Lipinski definition) is 6. The molecular weight excluding hydrogens is 787 g/mol. The molecule has 1 fully saturated rings. The first-order valence-corrected chi connectivity index (χ1v) is 25.0. The van der Waals surface area contributed by atoms with Gasteiger partial charge in [-0.1, -0.05) is 172 Å². The van der Waals surface area contributed by atoms with Gasteiger partial charge in [-0.25, -0.2) is 4.57 Å². The van der Waals surface area contributed by atoms with Crippen molar-refractivity contribution in [2.45, 2.75) is 224 Å². The van der Waals surface area contributed by atoms with Crippen LogP contribution >= 0.6 is 7.82 Å². The Hall–Kier alpha value is -1.70. The van der Waals surface area contributed by atoms with Crippen molar-refractivity contribution in [1.29, 1.82) is 0 Å². The zero-order valence-electron chi connectivity index (χ0n) is 37.2. The van der Waals surface area contributed by atoms with Crippen LogP contribution in [-0.4, -0.2) is 98.9 Å². The molecule has 0 aromatic carbocycles. The number of allylic oxidation sites excluding steroid dienone is 8. The van der Waals surface area contributed by atoms with Gasteiger partial charge in [0.25, 0.3) is 0 Å². The van der Waals surface area contributed by atoms with E-state index in [-0.39, 0.29) is 13.0 Å². The molecule has 60 heavy (non-hydrogen) atoms. The Labute approximate surface area is 363 Å². The third kappa shape index (κ3) is 29.6. The SMILES string of the molecule is CC/C=C\C/C=C\C/C=C\C/C=C\CCCCCCCOCC(COP(=O)(O)OC1C(O)C(O)C(O)C(O)C1O)OC(=O)CCCCCCCCCCCCCCCCC. The second-order valence-electron chi connectivity index (χ2n) is 16.2. The van der Waals surface area contributed by atoms with Gasteiger partial charge < -0.3 is 39.9 Å². The van der Waals surface area contributed by atoms with Crippen LogP contribution in [-0.2, 0) is 27.9 Å². The maximum absolute atomic E-state index is 12.8. The summed E-state index contributed by atoms with van der Waals surface area (Å²) in [6.45, 7) is 4.11. The van der Waals surface area contributed by atoms with Crippen LogP contribution in [0.5, 0.6) is 0 Å². The Morgan fingerprint density at radius 3 is 1.50 bits per heavy atom. The second-order valence-corrected chi connectivity index (χ2v) is 17.6. The lowest BCUT2D eigenvalue weighted by molar-refractivity contribution is -0.220. The summed E-state index contributed by atoms with van der Waals surface area (Å²) >= 11 is 0. The van der Waals surface area contributed by atoms with E-state index >= 15 is 0 Å². The number of ether oxygens (including phenoxy) is 2. The van der Waals surface area contributed by atoms with Gasteiger partial charge in [0.05, 0.1) is 13.2 Å². The van der Waals surface area contributed by atoms with Crippen molar-refractivity contribution in [2.75, 3.05) is 19.8 Å². The molecule has 0 radical (unpaired) electrons. The molecule has 350 valence electrons. The van der Waals surface area contributed by atoms with Gasteiger partial charge in [0.2, 0.25) is 0 Å². The van der Waals surface area contributed by atoms with Crippen LogP contribution in [0.15, 0.2) is 48.6 Å².